The van der Waals surface area contributed by atoms with Crippen molar-refractivity contribution in [3.8, 4) is 0 Å². The third-order valence-corrected chi connectivity index (χ3v) is 5.05. The minimum atomic E-state index is 0.822. The number of nitrogens with zero attached hydrogens (tertiary/aromatic N) is 2. The second-order valence-electron chi connectivity index (χ2n) is 6.52. The fourth-order valence-corrected chi connectivity index (χ4v) is 3.77. The lowest BCUT2D eigenvalue weighted by atomic mass is 9.71. The zero-order chi connectivity index (χ0) is 14.5. The van der Waals surface area contributed by atoms with Crippen molar-refractivity contribution >= 4 is 0 Å². The first-order valence-electron chi connectivity index (χ1n) is 8.34. The third-order valence-electron chi connectivity index (χ3n) is 5.05. The predicted octanol–water partition coefficient (Wildman–Crippen LogP) is 3.32. The highest BCUT2D eigenvalue weighted by Crippen LogP contribution is 2.37. The van der Waals surface area contributed by atoms with Crippen LogP contribution in [0.2, 0.25) is 0 Å². The van der Waals surface area contributed by atoms with E-state index in [-0.39, 0.29) is 0 Å². The number of hydrogen-bond donors (Lipinski definition) is 1. The molecule has 3 unspecified atom stereocenters. The van der Waals surface area contributed by atoms with Gasteiger partial charge in [-0.05, 0) is 63.1 Å². The van der Waals surface area contributed by atoms with Gasteiger partial charge in [0, 0.05) is 12.7 Å². The van der Waals surface area contributed by atoms with Crippen LogP contribution in [0.25, 0.3) is 0 Å². The first-order chi connectivity index (χ1) is 9.63. The zero-order valence-electron chi connectivity index (χ0n) is 13.7. The second-order valence-corrected chi connectivity index (χ2v) is 6.52. The molecule has 0 saturated heterocycles. The highest BCUT2D eigenvalue weighted by atomic mass is 15.3. The van der Waals surface area contributed by atoms with Crippen LogP contribution >= 0.6 is 0 Å². The topological polar surface area (TPSA) is 29.9 Å². The Morgan fingerprint density at radius 2 is 2.10 bits per heavy atom. The molecule has 1 aromatic rings. The Morgan fingerprint density at radius 1 is 1.30 bits per heavy atom. The molecule has 1 aromatic heterocycles. The molecule has 3 heteroatoms. The quantitative estimate of drug-likeness (QED) is 0.864. The van der Waals surface area contributed by atoms with E-state index >= 15 is 0 Å². The minimum Gasteiger partial charge on any atom is -0.317 e. The molecular formula is C17H31N3. The van der Waals surface area contributed by atoms with Crippen molar-refractivity contribution < 1.29 is 0 Å². The minimum absolute atomic E-state index is 0.822. The van der Waals surface area contributed by atoms with Crippen LogP contribution in [0.1, 0.15) is 50.9 Å². The average molecular weight is 277 g/mol. The molecule has 0 amide bonds. The van der Waals surface area contributed by atoms with Crippen LogP contribution in [-0.2, 0) is 13.5 Å². The molecule has 1 heterocycles. The highest BCUT2D eigenvalue weighted by Gasteiger charge is 2.30. The Balaban J connectivity index is 2.04. The van der Waals surface area contributed by atoms with E-state index in [1.807, 2.05) is 0 Å². The van der Waals surface area contributed by atoms with Crippen molar-refractivity contribution in [2.24, 2.45) is 24.8 Å². The van der Waals surface area contributed by atoms with Crippen LogP contribution in [0.5, 0.6) is 0 Å². The monoisotopic (exact) mass is 277 g/mol. The molecule has 2 rings (SSSR count). The predicted molar refractivity (Wildman–Crippen MR) is 84.8 cm³/mol. The summed E-state index contributed by atoms with van der Waals surface area (Å²) in [5.41, 5.74) is 2.55. The van der Waals surface area contributed by atoms with Gasteiger partial charge in [0.1, 0.15) is 0 Å². The lowest BCUT2D eigenvalue weighted by molar-refractivity contribution is 0.170. The van der Waals surface area contributed by atoms with Crippen molar-refractivity contribution in [3.05, 3.63) is 17.5 Å². The van der Waals surface area contributed by atoms with Crippen LogP contribution in [0.15, 0.2) is 6.07 Å². The Morgan fingerprint density at radius 3 is 2.70 bits per heavy atom. The van der Waals surface area contributed by atoms with Crippen LogP contribution in [0, 0.1) is 24.7 Å². The smallest absolute Gasteiger partial charge is 0.0596 e. The second kappa shape index (κ2) is 7.26. The van der Waals surface area contributed by atoms with Gasteiger partial charge in [0.25, 0.3) is 0 Å². The Labute approximate surface area is 124 Å². The zero-order valence-corrected chi connectivity index (χ0v) is 13.7. The molecule has 3 nitrogen and oxygen atoms in total. The largest absolute Gasteiger partial charge is 0.317 e. The van der Waals surface area contributed by atoms with Gasteiger partial charge in [-0.15, -0.1) is 0 Å². The molecule has 3 atom stereocenters. The molecule has 0 bridgehead atoms. The SMILES string of the molecule is CCNCC1CCC(CC)CC1Cc1cc(C)nn1C. The maximum atomic E-state index is 4.50. The lowest BCUT2D eigenvalue weighted by Crippen LogP contribution is -2.34. The standard InChI is InChI=1S/C17H31N3/c1-5-14-7-8-15(12-18-6-2)16(10-14)11-17-9-13(3)19-20(17)4/h9,14-16,18H,5-8,10-12H2,1-4H3. The number of aromatic nitrogens is 2. The first kappa shape index (κ1) is 15.6. The number of aryl methyl sites for hydroxylation is 2. The van der Waals surface area contributed by atoms with Gasteiger partial charge in [-0.25, -0.2) is 0 Å². The highest BCUT2D eigenvalue weighted by molar-refractivity contribution is 5.10. The molecule has 1 fully saturated rings. The average Bonchev–Trinajstić information content (AvgIpc) is 2.75. The molecule has 1 N–H and O–H groups in total. The Bertz CT molecular complexity index is 410. The van der Waals surface area contributed by atoms with Crippen LogP contribution < -0.4 is 5.32 Å². The van der Waals surface area contributed by atoms with Gasteiger partial charge in [-0.1, -0.05) is 26.7 Å². The van der Waals surface area contributed by atoms with E-state index in [0.717, 1.165) is 30.0 Å². The summed E-state index contributed by atoms with van der Waals surface area (Å²) in [4.78, 5) is 0. The van der Waals surface area contributed by atoms with Crippen molar-refractivity contribution in [1.29, 1.82) is 0 Å². The maximum absolute atomic E-state index is 4.50. The van der Waals surface area contributed by atoms with E-state index in [1.165, 1.54) is 44.3 Å². The Kier molecular flexibility index (Phi) is 5.64. The number of hydrogen-bond acceptors (Lipinski definition) is 2. The van der Waals surface area contributed by atoms with Crippen LogP contribution in [0.4, 0.5) is 0 Å². The van der Waals surface area contributed by atoms with E-state index in [4.69, 9.17) is 0 Å². The van der Waals surface area contributed by atoms with Gasteiger partial charge in [0.05, 0.1) is 5.69 Å². The van der Waals surface area contributed by atoms with Gasteiger partial charge in [-0.2, -0.15) is 5.10 Å². The number of rotatable bonds is 6. The van der Waals surface area contributed by atoms with Gasteiger partial charge in [0.2, 0.25) is 0 Å². The van der Waals surface area contributed by atoms with E-state index < -0.39 is 0 Å². The molecule has 0 aliphatic heterocycles. The van der Waals surface area contributed by atoms with Gasteiger partial charge in [-0.3, -0.25) is 4.68 Å². The molecule has 0 spiro atoms. The van der Waals surface area contributed by atoms with Crippen molar-refractivity contribution in [1.82, 2.24) is 15.1 Å². The summed E-state index contributed by atoms with van der Waals surface area (Å²) in [6.45, 7) is 8.92. The molecule has 114 valence electrons. The number of nitrogens with one attached hydrogen (secondary N) is 1. The summed E-state index contributed by atoms with van der Waals surface area (Å²) in [6, 6.07) is 2.26. The maximum Gasteiger partial charge on any atom is 0.0596 e. The molecule has 0 radical (unpaired) electrons. The summed E-state index contributed by atoms with van der Waals surface area (Å²) in [5, 5.41) is 8.07. The van der Waals surface area contributed by atoms with E-state index in [1.54, 1.807) is 0 Å². The van der Waals surface area contributed by atoms with Crippen molar-refractivity contribution in [2.75, 3.05) is 13.1 Å². The van der Waals surface area contributed by atoms with Crippen molar-refractivity contribution in [2.45, 2.75) is 52.9 Å². The summed E-state index contributed by atoms with van der Waals surface area (Å²) in [5.74, 6) is 2.60. The molecule has 1 saturated carbocycles. The van der Waals surface area contributed by atoms with E-state index in [0.29, 0.717) is 0 Å². The van der Waals surface area contributed by atoms with Crippen molar-refractivity contribution in [3.63, 3.8) is 0 Å². The van der Waals surface area contributed by atoms with Gasteiger partial charge in [0.15, 0.2) is 0 Å². The van der Waals surface area contributed by atoms with Gasteiger partial charge < -0.3 is 5.32 Å². The fraction of sp³-hybridized carbons (Fsp3) is 0.824. The summed E-state index contributed by atoms with van der Waals surface area (Å²) in [7, 11) is 2.09. The van der Waals surface area contributed by atoms with E-state index in [9.17, 15) is 0 Å². The summed E-state index contributed by atoms with van der Waals surface area (Å²) >= 11 is 0. The normalized spacial score (nSPS) is 26.9. The third kappa shape index (κ3) is 3.85. The molecular weight excluding hydrogens is 246 g/mol. The first-order valence-corrected chi connectivity index (χ1v) is 8.34. The lowest BCUT2D eigenvalue weighted by Gasteiger charge is -2.36. The van der Waals surface area contributed by atoms with E-state index in [2.05, 4.69) is 49.0 Å². The van der Waals surface area contributed by atoms with Gasteiger partial charge >= 0.3 is 0 Å². The molecule has 0 aromatic carbocycles. The molecule has 1 aliphatic rings. The summed E-state index contributed by atoms with van der Waals surface area (Å²) in [6.07, 6.45) is 6.76. The van der Waals surface area contributed by atoms with Crippen LogP contribution in [-0.4, -0.2) is 22.9 Å². The molecule has 20 heavy (non-hydrogen) atoms. The Hall–Kier alpha value is -0.830. The molecule has 1 aliphatic carbocycles. The summed E-state index contributed by atoms with van der Waals surface area (Å²) < 4.78 is 2.08. The van der Waals surface area contributed by atoms with Crippen LogP contribution in [0.3, 0.4) is 0 Å². The fourth-order valence-electron chi connectivity index (χ4n) is 3.77.